The molecule has 0 bridgehead atoms. The van der Waals surface area contributed by atoms with Gasteiger partial charge in [0, 0.05) is 4.47 Å². The van der Waals surface area contributed by atoms with Crippen molar-refractivity contribution in [2.24, 2.45) is 5.10 Å². The Balaban J connectivity index is 1.90. The average molecular weight is 514 g/mol. The van der Waals surface area contributed by atoms with Gasteiger partial charge < -0.3 is 0 Å². The Hall–Kier alpha value is -2.97. The number of carbonyl (C=O) groups excluding carboxylic acids is 1. The number of benzene rings is 3. The molecule has 1 N–H and O–H groups in total. The van der Waals surface area contributed by atoms with Crippen LogP contribution in [0.3, 0.4) is 0 Å². The van der Waals surface area contributed by atoms with Crippen molar-refractivity contribution in [3.63, 3.8) is 0 Å². The van der Waals surface area contributed by atoms with Crippen molar-refractivity contribution in [1.82, 2.24) is 5.43 Å². The summed E-state index contributed by atoms with van der Waals surface area (Å²) in [6.07, 6.45) is 0. The first kappa shape index (κ1) is 23.7. The number of hydrogen-bond donors (Lipinski definition) is 1. The molecule has 0 atom stereocenters. The summed E-state index contributed by atoms with van der Waals surface area (Å²) in [5.41, 5.74) is 6.03. The molecule has 166 valence electrons. The molecule has 0 unspecified atom stereocenters. The Kier molecular flexibility index (Phi) is 7.48. The van der Waals surface area contributed by atoms with Crippen LogP contribution in [0.4, 0.5) is 5.69 Å². The highest BCUT2D eigenvalue weighted by Crippen LogP contribution is 2.27. The van der Waals surface area contributed by atoms with E-state index in [1.54, 1.807) is 31.2 Å². The van der Waals surface area contributed by atoms with Gasteiger partial charge in [0.2, 0.25) is 0 Å². The topological polar surface area (TPSA) is 78.8 Å². The van der Waals surface area contributed by atoms with Crippen LogP contribution in [0.15, 0.2) is 87.3 Å². The number of halogens is 1. The van der Waals surface area contributed by atoms with Crippen LogP contribution in [-0.2, 0) is 14.8 Å². The van der Waals surface area contributed by atoms with Crippen molar-refractivity contribution in [2.45, 2.75) is 25.7 Å². The molecule has 3 aromatic rings. The van der Waals surface area contributed by atoms with Crippen LogP contribution in [0, 0.1) is 13.8 Å². The van der Waals surface area contributed by atoms with Gasteiger partial charge in [-0.15, -0.1) is 0 Å². The number of sulfonamides is 1. The molecule has 6 nitrogen and oxygen atoms in total. The van der Waals surface area contributed by atoms with Crippen LogP contribution < -0.4 is 9.73 Å². The Morgan fingerprint density at radius 3 is 2.31 bits per heavy atom. The number of hydrogen-bond acceptors (Lipinski definition) is 4. The highest BCUT2D eigenvalue weighted by Gasteiger charge is 2.28. The molecule has 32 heavy (non-hydrogen) atoms. The lowest BCUT2D eigenvalue weighted by atomic mass is 10.1. The summed E-state index contributed by atoms with van der Waals surface area (Å²) in [6, 6.07) is 21.1. The maximum atomic E-state index is 13.4. The SMILES string of the molecule is C/C(=N/NC(=O)CN(c1cc(C)ccc1C)S(=O)(=O)c1ccccc1)c1ccc(Br)cc1. The molecular weight excluding hydrogens is 490 g/mol. The van der Waals surface area contributed by atoms with E-state index in [2.05, 4.69) is 26.5 Å². The van der Waals surface area contributed by atoms with E-state index in [1.165, 1.54) is 12.1 Å². The van der Waals surface area contributed by atoms with Crippen molar-refractivity contribution in [1.29, 1.82) is 0 Å². The van der Waals surface area contributed by atoms with Crippen LogP contribution in [0.1, 0.15) is 23.6 Å². The van der Waals surface area contributed by atoms with Gasteiger partial charge in [-0.05, 0) is 67.8 Å². The second-order valence-electron chi connectivity index (χ2n) is 7.35. The minimum atomic E-state index is -3.97. The maximum absolute atomic E-state index is 13.4. The van der Waals surface area contributed by atoms with Crippen molar-refractivity contribution in [3.8, 4) is 0 Å². The highest BCUT2D eigenvalue weighted by atomic mass is 79.9. The molecule has 0 aliphatic rings. The summed E-state index contributed by atoms with van der Waals surface area (Å²) in [5.74, 6) is -0.540. The summed E-state index contributed by atoms with van der Waals surface area (Å²) >= 11 is 3.38. The molecule has 0 radical (unpaired) electrons. The van der Waals surface area contributed by atoms with Gasteiger partial charge >= 0.3 is 0 Å². The van der Waals surface area contributed by atoms with E-state index in [0.29, 0.717) is 11.4 Å². The van der Waals surface area contributed by atoms with Crippen molar-refractivity contribution < 1.29 is 13.2 Å². The first-order chi connectivity index (χ1) is 15.2. The molecule has 3 rings (SSSR count). The van der Waals surface area contributed by atoms with Gasteiger partial charge in [0.15, 0.2) is 0 Å². The van der Waals surface area contributed by atoms with Crippen molar-refractivity contribution in [2.75, 3.05) is 10.8 Å². The van der Waals surface area contributed by atoms with Crippen molar-refractivity contribution >= 4 is 43.3 Å². The number of anilines is 1. The fourth-order valence-corrected chi connectivity index (χ4v) is 4.84. The van der Waals surface area contributed by atoms with Gasteiger partial charge in [-0.3, -0.25) is 9.10 Å². The second-order valence-corrected chi connectivity index (χ2v) is 10.1. The zero-order valence-electron chi connectivity index (χ0n) is 18.0. The van der Waals surface area contributed by atoms with Gasteiger partial charge in [0.05, 0.1) is 16.3 Å². The molecule has 0 saturated heterocycles. The summed E-state index contributed by atoms with van der Waals surface area (Å²) < 4.78 is 28.9. The van der Waals surface area contributed by atoms with E-state index in [-0.39, 0.29) is 4.90 Å². The quantitative estimate of drug-likeness (QED) is 0.364. The number of amides is 1. The molecule has 3 aromatic carbocycles. The second kappa shape index (κ2) is 10.1. The van der Waals surface area contributed by atoms with E-state index in [4.69, 9.17) is 0 Å². The minimum Gasteiger partial charge on any atom is -0.271 e. The lowest BCUT2D eigenvalue weighted by molar-refractivity contribution is -0.119. The Morgan fingerprint density at radius 1 is 1.00 bits per heavy atom. The molecule has 1 amide bonds. The van der Waals surface area contributed by atoms with E-state index in [9.17, 15) is 13.2 Å². The summed E-state index contributed by atoms with van der Waals surface area (Å²) in [5, 5.41) is 4.15. The van der Waals surface area contributed by atoms with E-state index >= 15 is 0 Å². The number of carbonyl (C=O) groups is 1. The molecule has 0 saturated carbocycles. The first-order valence-electron chi connectivity index (χ1n) is 9.92. The third-order valence-corrected chi connectivity index (χ3v) is 7.16. The van der Waals surface area contributed by atoms with E-state index in [1.807, 2.05) is 50.2 Å². The highest BCUT2D eigenvalue weighted by molar-refractivity contribution is 9.10. The lowest BCUT2D eigenvalue weighted by Gasteiger charge is -2.25. The number of hydrazone groups is 1. The van der Waals surface area contributed by atoms with Gasteiger partial charge in [-0.1, -0.05) is 58.4 Å². The van der Waals surface area contributed by atoms with Gasteiger partial charge in [-0.2, -0.15) is 5.10 Å². The van der Waals surface area contributed by atoms with E-state index < -0.39 is 22.5 Å². The maximum Gasteiger partial charge on any atom is 0.264 e. The lowest BCUT2D eigenvalue weighted by Crippen LogP contribution is -2.40. The predicted octanol–water partition coefficient (Wildman–Crippen LogP) is 4.80. The summed E-state index contributed by atoms with van der Waals surface area (Å²) in [6.45, 7) is 5.06. The monoisotopic (exact) mass is 513 g/mol. The summed E-state index contributed by atoms with van der Waals surface area (Å²) in [7, 11) is -3.97. The fraction of sp³-hybridized carbons (Fsp3) is 0.167. The number of nitrogens with zero attached hydrogens (tertiary/aromatic N) is 2. The molecular formula is C24H24BrN3O3S. The number of aryl methyl sites for hydroxylation is 2. The minimum absolute atomic E-state index is 0.114. The van der Waals surface area contributed by atoms with Crippen LogP contribution in [0.5, 0.6) is 0 Å². The molecule has 0 aliphatic heterocycles. The normalized spacial score (nSPS) is 11.8. The smallest absolute Gasteiger partial charge is 0.264 e. The van der Waals surface area contributed by atoms with Crippen LogP contribution in [-0.4, -0.2) is 26.6 Å². The van der Waals surface area contributed by atoms with Gasteiger partial charge in [-0.25, -0.2) is 13.8 Å². The Morgan fingerprint density at radius 2 is 1.66 bits per heavy atom. The zero-order chi connectivity index (χ0) is 23.3. The Bertz CT molecular complexity index is 1240. The van der Waals surface area contributed by atoms with Crippen LogP contribution >= 0.6 is 15.9 Å². The third kappa shape index (κ3) is 5.63. The molecule has 0 spiro atoms. The average Bonchev–Trinajstić information content (AvgIpc) is 2.78. The first-order valence-corrected chi connectivity index (χ1v) is 12.2. The molecule has 0 aliphatic carbocycles. The zero-order valence-corrected chi connectivity index (χ0v) is 20.4. The van der Waals surface area contributed by atoms with Gasteiger partial charge in [0.1, 0.15) is 6.54 Å². The fourth-order valence-electron chi connectivity index (χ4n) is 3.08. The molecule has 0 aromatic heterocycles. The molecule has 0 fully saturated rings. The molecule has 8 heteroatoms. The largest absolute Gasteiger partial charge is 0.271 e. The van der Waals surface area contributed by atoms with Crippen molar-refractivity contribution in [3.05, 3.63) is 94.0 Å². The van der Waals surface area contributed by atoms with Crippen LogP contribution in [0.25, 0.3) is 0 Å². The van der Waals surface area contributed by atoms with E-state index in [0.717, 1.165) is 25.5 Å². The third-order valence-electron chi connectivity index (χ3n) is 4.86. The summed E-state index contributed by atoms with van der Waals surface area (Å²) in [4.78, 5) is 12.9. The molecule has 0 heterocycles. The predicted molar refractivity (Wildman–Crippen MR) is 131 cm³/mol. The van der Waals surface area contributed by atoms with Gasteiger partial charge in [0.25, 0.3) is 15.9 Å². The standard InChI is InChI=1S/C24H24BrN3O3S/c1-17-9-10-18(2)23(15-17)28(32(30,31)22-7-5-4-6-8-22)16-24(29)27-26-19(3)20-11-13-21(25)14-12-20/h4-15H,16H2,1-3H3,(H,27,29)/b26-19-. The Labute approximate surface area is 197 Å². The number of nitrogens with one attached hydrogen (secondary N) is 1. The van der Waals surface area contributed by atoms with Crippen LogP contribution in [0.2, 0.25) is 0 Å². The number of rotatable bonds is 7.